The minimum absolute atomic E-state index is 0.141. The number of rotatable bonds is 5. The van der Waals surface area contributed by atoms with Crippen LogP contribution < -0.4 is 0 Å². The molecule has 0 aliphatic carbocycles. The summed E-state index contributed by atoms with van der Waals surface area (Å²) in [5.74, 6) is -0.385. The molecule has 0 atom stereocenters. The van der Waals surface area contributed by atoms with Crippen molar-refractivity contribution < 1.29 is 13.2 Å². The lowest BCUT2D eigenvalue weighted by Gasteiger charge is -2.08. The van der Waals surface area contributed by atoms with Crippen molar-refractivity contribution in [2.75, 3.05) is 0 Å². The molecule has 114 valence electrons. The zero-order valence-corrected chi connectivity index (χ0v) is 13.4. The van der Waals surface area contributed by atoms with Crippen LogP contribution >= 0.6 is 0 Å². The first kappa shape index (κ1) is 16.2. The van der Waals surface area contributed by atoms with Gasteiger partial charge in [0.25, 0.3) is 0 Å². The summed E-state index contributed by atoms with van der Waals surface area (Å²) in [5.41, 5.74) is 1.66. The van der Waals surface area contributed by atoms with Gasteiger partial charge in [0.2, 0.25) is 9.84 Å². The molecule has 0 saturated heterocycles. The fraction of sp³-hybridized carbons (Fsp3) is 0.167. The van der Waals surface area contributed by atoms with Crippen molar-refractivity contribution in [2.24, 2.45) is 0 Å². The Morgan fingerprint density at radius 2 is 1.59 bits per heavy atom. The van der Waals surface area contributed by atoms with Gasteiger partial charge in [0, 0.05) is 6.42 Å². The monoisotopic (exact) mass is 314 g/mol. The van der Waals surface area contributed by atoms with Gasteiger partial charge in [-0.15, -0.1) is 0 Å². The zero-order chi connectivity index (χ0) is 16.2. The lowest BCUT2D eigenvalue weighted by Crippen LogP contribution is -2.13. The van der Waals surface area contributed by atoms with Crippen LogP contribution in [-0.2, 0) is 14.6 Å². The Kier molecular flexibility index (Phi) is 4.93. The van der Waals surface area contributed by atoms with E-state index < -0.39 is 9.84 Å². The molecule has 0 heterocycles. The van der Waals surface area contributed by atoms with Crippen LogP contribution in [0.1, 0.15) is 24.5 Å². The molecule has 4 heteroatoms. The van der Waals surface area contributed by atoms with Crippen LogP contribution in [0.3, 0.4) is 0 Å². The summed E-state index contributed by atoms with van der Waals surface area (Å²) in [4.78, 5) is 12.1. The summed E-state index contributed by atoms with van der Waals surface area (Å²) in [7, 11) is -3.82. The number of carbonyl (C=O) groups is 1. The van der Waals surface area contributed by atoms with Crippen molar-refractivity contribution in [3.8, 4) is 0 Å². The van der Waals surface area contributed by atoms with Gasteiger partial charge in [-0.05, 0) is 30.7 Å². The van der Waals surface area contributed by atoms with Gasteiger partial charge >= 0.3 is 0 Å². The molecule has 2 aromatic rings. The fourth-order valence-electron chi connectivity index (χ4n) is 2.03. The predicted molar refractivity (Wildman–Crippen MR) is 88.1 cm³/mol. The molecule has 22 heavy (non-hydrogen) atoms. The quantitative estimate of drug-likeness (QED) is 0.789. The third-order valence-electron chi connectivity index (χ3n) is 3.31. The summed E-state index contributed by atoms with van der Waals surface area (Å²) in [6, 6.07) is 15.5. The van der Waals surface area contributed by atoms with Gasteiger partial charge < -0.3 is 0 Å². The Morgan fingerprint density at radius 1 is 1.00 bits per heavy atom. The Morgan fingerprint density at radius 3 is 2.14 bits per heavy atom. The van der Waals surface area contributed by atoms with Crippen molar-refractivity contribution >= 4 is 21.7 Å². The first-order chi connectivity index (χ1) is 10.4. The number of hydrogen-bond donors (Lipinski definition) is 0. The number of Topliss-reactive ketones (excluding diaryl/α,β-unsaturated/α-hetero) is 1. The highest BCUT2D eigenvalue weighted by Gasteiger charge is 2.25. The third kappa shape index (κ3) is 3.52. The van der Waals surface area contributed by atoms with Gasteiger partial charge in [-0.2, -0.15) is 0 Å². The van der Waals surface area contributed by atoms with E-state index in [2.05, 4.69) is 0 Å². The number of ketones is 1. The van der Waals surface area contributed by atoms with Crippen molar-refractivity contribution in [3.05, 3.63) is 70.6 Å². The summed E-state index contributed by atoms with van der Waals surface area (Å²) in [5, 5.41) is 0. The maximum absolute atomic E-state index is 12.8. The van der Waals surface area contributed by atoms with Gasteiger partial charge in [0.05, 0.1) is 4.90 Å². The molecule has 0 aromatic heterocycles. The van der Waals surface area contributed by atoms with Gasteiger partial charge in [0.1, 0.15) is 4.91 Å². The highest BCUT2D eigenvalue weighted by molar-refractivity contribution is 7.96. The summed E-state index contributed by atoms with van der Waals surface area (Å²) >= 11 is 0. The molecule has 0 unspecified atom stereocenters. The average molecular weight is 314 g/mol. The molecule has 0 spiro atoms. The van der Waals surface area contributed by atoms with Crippen LogP contribution in [0.15, 0.2) is 64.4 Å². The van der Waals surface area contributed by atoms with Crippen LogP contribution in [0.5, 0.6) is 0 Å². The van der Waals surface area contributed by atoms with Gasteiger partial charge in [-0.3, -0.25) is 4.79 Å². The van der Waals surface area contributed by atoms with Crippen molar-refractivity contribution in [1.29, 1.82) is 0 Å². The SMILES string of the molecule is CCC(=O)/C(=C\c1ccccc1)S(=O)(=O)c1ccc(C)cc1. The molecule has 2 rings (SSSR count). The van der Waals surface area contributed by atoms with Crippen LogP contribution in [0.4, 0.5) is 0 Å². The van der Waals surface area contributed by atoms with E-state index in [9.17, 15) is 13.2 Å². The second-order valence-corrected chi connectivity index (χ2v) is 6.93. The van der Waals surface area contributed by atoms with E-state index in [-0.39, 0.29) is 22.0 Å². The average Bonchev–Trinajstić information content (AvgIpc) is 2.53. The largest absolute Gasteiger partial charge is 0.293 e. The van der Waals surface area contributed by atoms with Crippen molar-refractivity contribution in [2.45, 2.75) is 25.2 Å². The molecule has 2 aromatic carbocycles. The minimum atomic E-state index is -3.82. The van der Waals surface area contributed by atoms with E-state index >= 15 is 0 Å². The Balaban J connectivity index is 2.56. The van der Waals surface area contributed by atoms with Crippen LogP contribution in [0.2, 0.25) is 0 Å². The van der Waals surface area contributed by atoms with Crippen molar-refractivity contribution in [1.82, 2.24) is 0 Å². The molecule has 3 nitrogen and oxygen atoms in total. The van der Waals surface area contributed by atoms with Gasteiger partial charge in [-0.25, -0.2) is 8.42 Å². The molecule has 0 amide bonds. The Bertz CT molecular complexity index is 786. The predicted octanol–water partition coefficient (Wildman–Crippen LogP) is 3.79. The molecular weight excluding hydrogens is 296 g/mol. The Labute approximate surface area is 131 Å². The number of sulfone groups is 1. The van der Waals surface area contributed by atoms with E-state index in [1.165, 1.54) is 18.2 Å². The smallest absolute Gasteiger partial charge is 0.210 e. The van der Waals surface area contributed by atoms with E-state index in [4.69, 9.17) is 0 Å². The molecular formula is C18H18O3S. The second kappa shape index (κ2) is 6.71. The maximum Gasteiger partial charge on any atom is 0.210 e. The highest BCUT2D eigenvalue weighted by Crippen LogP contribution is 2.23. The topological polar surface area (TPSA) is 51.2 Å². The Hall–Kier alpha value is -2.20. The van der Waals surface area contributed by atoms with E-state index in [1.54, 1.807) is 43.3 Å². The maximum atomic E-state index is 12.8. The molecule has 0 bridgehead atoms. The van der Waals surface area contributed by atoms with Gasteiger partial charge in [-0.1, -0.05) is 55.0 Å². The third-order valence-corrected chi connectivity index (χ3v) is 5.13. The molecule has 0 aliphatic heterocycles. The number of aryl methyl sites for hydroxylation is 1. The first-order valence-electron chi connectivity index (χ1n) is 7.07. The van der Waals surface area contributed by atoms with Gasteiger partial charge in [0.15, 0.2) is 5.78 Å². The van der Waals surface area contributed by atoms with Crippen LogP contribution in [0.25, 0.3) is 6.08 Å². The standard InChI is InChI=1S/C18H18O3S/c1-3-17(19)18(13-15-7-5-4-6-8-15)22(20,21)16-11-9-14(2)10-12-16/h4-13H,3H2,1-2H3/b18-13+. The minimum Gasteiger partial charge on any atom is -0.293 e. The number of hydrogen-bond acceptors (Lipinski definition) is 3. The highest BCUT2D eigenvalue weighted by atomic mass is 32.2. The van der Waals surface area contributed by atoms with E-state index in [0.29, 0.717) is 5.56 Å². The molecule has 0 saturated carbocycles. The zero-order valence-electron chi connectivity index (χ0n) is 12.6. The normalized spacial score (nSPS) is 12.2. The van der Waals surface area contributed by atoms with Crippen molar-refractivity contribution in [3.63, 3.8) is 0 Å². The number of allylic oxidation sites excluding steroid dienone is 1. The number of carbonyl (C=O) groups excluding carboxylic acids is 1. The summed E-state index contributed by atoms with van der Waals surface area (Å²) in [6.07, 6.45) is 1.59. The summed E-state index contributed by atoms with van der Waals surface area (Å²) < 4.78 is 25.5. The number of benzene rings is 2. The molecule has 0 radical (unpaired) electrons. The van der Waals surface area contributed by atoms with E-state index in [0.717, 1.165) is 5.56 Å². The van der Waals surface area contributed by atoms with E-state index in [1.807, 2.05) is 13.0 Å². The van der Waals surface area contributed by atoms with Crippen LogP contribution in [0, 0.1) is 6.92 Å². The summed E-state index contributed by atoms with van der Waals surface area (Å²) in [6.45, 7) is 3.54. The fourth-order valence-corrected chi connectivity index (χ4v) is 3.51. The first-order valence-corrected chi connectivity index (χ1v) is 8.55. The molecule has 0 aliphatic rings. The molecule has 0 fully saturated rings. The van der Waals surface area contributed by atoms with Crippen LogP contribution in [-0.4, -0.2) is 14.2 Å². The molecule has 0 N–H and O–H groups in total. The second-order valence-electron chi connectivity index (χ2n) is 5.01. The lowest BCUT2D eigenvalue weighted by atomic mass is 10.2. The lowest BCUT2D eigenvalue weighted by molar-refractivity contribution is -0.114.